The van der Waals surface area contributed by atoms with E-state index < -0.39 is 6.10 Å². The summed E-state index contributed by atoms with van der Waals surface area (Å²) in [7, 11) is 0. The maximum absolute atomic E-state index is 9.59. The highest BCUT2D eigenvalue weighted by atomic mass is 16.3. The highest BCUT2D eigenvalue weighted by molar-refractivity contribution is 5.03. The van der Waals surface area contributed by atoms with Crippen molar-refractivity contribution in [1.82, 2.24) is 9.97 Å². The van der Waals surface area contributed by atoms with Gasteiger partial charge in [-0.25, -0.2) is 9.97 Å². The van der Waals surface area contributed by atoms with Crippen molar-refractivity contribution >= 4 is 0 Å². The molecule has 0 saturated carbocycles. The molecule has 0 amide bonds. The van der Waals surface area contributed by atoms with E-state index >= 15 is 0 Å². The van der Waals surface area contributed by atoms with E-state index in [1.54, 1.807) is 19.2 Å². The first-order valence-corrected chi connectivity index (χ1v) is 4.18. The number of nitrogens with zero attached hydrogens (tertiary/aromatic N) is 2. The lowest BCUT2D eigenvalue weighted by molar-refractivity contribution is 0.164. The molecule has 13 heavy (non-hydrogen) atoms. The summed E-state index contributed by atoms with van der Waals surface area (Å²) in [6, 6.07) is 1.71. The van der Waals surface area contributed by atoms with E-state index in [9.17, 15) is 5.11 Å². The van der Waals surface area contributed by atoms with Crippen LogP contribution in [0, 0.1) is 11.8 Å². The number of rotatable bonds is 3. The van der Waals surface area contributed by atoms with Crippen molar-refractivity contribution in [2.75, 3.05) is 0 Å². The van der Waals surface area contributed by atoms with Crippen LogP contribution in [0.3, 0.4) is 0 Å². The molecule has 0 aromatic carbocycles. The molecule has 0 saturated heterocycles. The Kier molecular flexibility index (Phi) is 3.94. The molecule has 0 aliphatic heterocycles. The monoisotopic (exact) mass is 176 g/mol. The molecule has 3 heteroatoms. The third-order valence-corrected chi connectivity index (χ3v) is 1.67. The minimum Gasteiger partial charge on any atom is -0.387 e. The molecular formula is C10H12N2O. The Bertz CT molecular complexity index is 300. The molecule has 1 N–H and O–H groups in total. The van der Waals surface area contributed by atoms with E-state index in [1.807, 2.05) is 0 Å². The Labute approximate surface area is 77.9 Å². The fourth-order valence-corrected chi connectivity index (χ4v) is 0.980. The van der Waals surface area contributed by atoms with Gasteiger partial charge in [-0.15, -0.1) is 11.8 Å². The second kappa shape index (κ2) is 5.28. The topological polar surface area (TPSA) is 46.0 Å². The van der Waals surface area contributed by atoms with Crippen molar-refractivity contribution in [1.29, 1.82) is 0 Å². The number of aromatic nitrogens is 2. The summed E-state index contributed by atoms with van der Waals surface area (Å²) in [4.78, 5) is 7.72. The second-order valence-corrected chi connectivity index (χ2v) is 2.62. The van der Waals surface area contributed by atoms with Gasteiger partial charge in [0.05, 0.1) is 11.8 Å². The molecule has 0 radical (unpaired) electrons. The number of aliphatic hydroxyl groups is 1. The Morgan fingerprint density at radius 1 is 1.62 bits per heavy atom. The van der Waals surface area contributed by atoms with Crippen molar-refractivity contribution < 1.29 is 5.11 Å². The van der Waals surface area contributed by atoms with E-state index in [0.717, 1.165) is 0 Å². The van der Waals surface area contributed by atoms with Crippen LogP contribution in [0.2, 0.25) is 0 Å². The third-order valence-electron chi connectivity index (χ3n) is 1.67. The molecule has 3 nitrogen and oxygen atoms in total. The first kappa shape index (κ1) is 9.69. The lowest BCUT2D eigenvalue weighted by atomic mass is 10.1. The molecule has 1 heterocycles. The SMILES string of the molecule is CC#CCCC(O)c1ccncn1. The lowest BCUT2D eigenvalue weighted by Crippen LogP contribution is -1.99. The Hall–Kier alpha value is -1.40. The first-order valence-electron chi connectivity index (χ1n) is 4.18. The van der Waals surface area contributed by atoms with Crippen LogP contribution in [0.1, 0.15) is 31.6 Å². The van der Waals surface area contributed by atoms with Gasteiger partial charge in [0.15, 0.2) is 0 Å². The van der Waals surface area contributed by atoms with E-state index in [2.05, 4.69) is 21.8 Å². The molecule has 0 aliphatic carbocycles. The van der Waals surface area contributed by atoms with Gasteiger partial charge in [0, 0.05) is 12.6 Å². The van der Waals surface area contributed by atoms with Crippen molar-refractivity contribution in [3.05, 3.63) is 24.3 Å². The van der Waals surface area contributed by atoms with E-state index in [-0.39, 0.29) is 0 Å². The fraction of sp³-hybridized carbons (Fsp3) is 0.400. The van der Waals surface area contributed by atoms with Gasteiger partial charge >= 0.3 is 0 Å². The van der Waals surface area contributed by atoms with Crippen LogP contribution < -0.4 is 0 Å². The highest BCUT2D eigenvalue weighted by Gasteiger charge is 2.06. The maximum atomic E-state index is 9.59. The van der Waals surface area contributed by atoms with Crippen LogP contribution in [0.25, 0.3) is 0 Å². The lowest BCUT2D eigenvalue weighted by Gasteiger charge is -2.06. The molecule has 0 fully saturated rings. The quantitative estimate of drug-likeness (QED) is 0.706. The molecular weight excluding hydrogens is 164 g/mol. The van der Waals surface area contributed by atoms with Crippen LogP contribution in [0.15, 0.2) is 18.6 Å². The van der Waals surface area contributed by atoms with Gasteiger partial charge in [0.2, 0.25) is 0 Å². The van der Waals surface area contributed by atoms with Gasteiger partial charge in [-0.2, -0.15) is 0 Å². The molecule has 1 unspecified atom stereocenters. The zero-order chi connectivity index (χ0) is 9.52. The number of hydrogen-bond donors (Lipinski definition) is 1. The van der Waals surface area contributed by atoms with Crippen LogP contribution in [-0.4, -0.2) is 15.1 Å². The molecule has 1 aromatic rings. The smallest absolute Gasteiger partial charge is 0.115 e. The Morgan fingerprint density at radius 3 is 3.08 bits per heavy atom. The minimum atomic E-state index is -0.524. The van der Waals surface area contributed by atoms with Crippen molar-refractivity contribution in [3.8, 4) is 11.8 Å². The maximum Gasteiger partial charge on any atom is 0.115 e. The van der Waals surface area contributed by atoms with E-state index in [1.165, 1.54) is 6.33 Å². The summed E-state index contributed by atoms with van der Waals surface area (Å²) in [6.07, 6.45) is 3.85. The summed E-state index contributed by atoms with van der Waals surface area (Å²) in [5.74, 6) is 5.68. The average molecular weight is 176 g/mol. The molecule has 0 bridgehead atoms. The normalized spacial score (nSPS) is 11.5. The highest BCUT2D eigenvalue weighted by Crippen LogP contribution is 2.13. The van der Waals surface area contributed by atoms with Gasteiger partial charge in [-0.3, -0.25) is 0 Å². The predicted molar refractivity (Wildman–Crippen MR) is 49.7 cm³/mol. The van der Waals surface area contributed by atoms with E-state index in [0.29, 0.717) is 18.5 Å². The Morgan fingerprint density at radius 2 is 2.46 bits per heavy atom. The van der Waals surface area contributed by atoms with E-state index in [4.69, 9.17) is 0 Å². The van der Waals surface area contributed by atoms with Crippen molar-refractivity contribution in [2.24, 2.45) is 0 Å². The molecule has 1 rings (SSSR count). The zero-order valence-electron chi connectivity index (χ0n) is 7.57. The summed E-state index contributed by atoms with van der Waals surface area (Å²) in [5.41, 5.74) is 0.660. The standard InChI is InChI=1S/C10H12N2O/c1-2-3-4-5-10(13)9-6-7-11-8-12-9/h6-8,10,13H,4-5H2,1H3. The largest absolute Gasteiger partial charge is 0.387 e. The Balaban J connectivity index is 2.47. The number of hydrogen-bond acceptors (Lipinski definition) is 3. The summed E-state index contributed by atoms with van der Waals surface area (Å²) in [6.45, 7) is 1.79. The minimum absolute atomic E-state index is 0.524. The number of aliphatic hydroxyl groups excluding tert-OH is 1. The second-order valence-electron chi connectivity index (χ2n) is 2.62. The summed E-state index contributed by atoms with van der Waals surface area (Å²) >= 11 is 0. The zero-order valence-corrected chi connectivity index (χ0v) is 7.57. The van der Waals surface area contributed by atoms with Crippen LogP contribution in [-0.2, 0) is 0 Å². The summed E-state index contributed by atoms with van der Waals surface area (Å²) in [5, 5.41) is 9.59. The first-order chi connectivity index (χ1) is 6.34. The van der Waals surface area contributed by atoms with Gasteiger partial charge < -0.3 is 5.11 Å². The summed E-state index contributed by atoms with van der Waals surface area (Å²) < 4.78 is 0. The van der Waals surface area contributed by atoms with Gasteiger partial charge in [0.1, 0.15) is 6.33 Å². The fourth-order valence-electron chi connectivity index (χ4n) is 0.980. The average Bonchev–Trinajstić information content (AvgIpc) is 2.19. The molecule has 1 aromatic heterocycles. The third kappa shape index (κ3) is 3.22. The molecule has 0 aliphatic rings. The van der Waals surface area contributed by atoms with Gasteiger partial charge in [0.25, 0.3) is 0 Å². The molecule has 1 atom stereocenters. The predicted octanol–water partition coefficient (Wildman–Crippen LogP) is 1.31. The van der Waals surface area contributed by atoms with Crippen molar-refractivity contribution in [2.45, 2.75) is 25.9 Å². The van der Waals surface area contributed by atoms with Crippen LogP contribution in [0.5, 0.6) is 0 Å². The van der Waals surface area contributed by atoms with Crippen LogP contribution in [0.4, 0.5) is 0 Å². The van der Waals surface area contributed by atoms with Crippen molar-refractivity contribution in [3.63, 3.8) is 0 Å². The van der Waals surface area contributed by atoms with Crippen LogP contribution >= 0.6 is 0 Å². The van der Waals surface area contributed by atoms with Gasteiger partial charge in [-0.1, -0.05) is 0 Å². The molecule has 0 spiro atoms. The molecule has 68 valence electrons. The van der Waals surface area contributed by atoms with Gasteiger partial charge in [-0.05, 0) is 19.4 Å².